The van der Waals surface area contributed by atoms with Gasteiger partial charge in [-0.15, -0.1) is 11.3 Å². The third kappa shape index (κ3) is 3.32. The van der Waals surface area contributed by atoms with Crippen LogP contribution in [0.2, 0.25) is 0 Å². The van der Waals surface area contributed by atoms with Gasteiger partial charge < -0.3 is 10.2 Å². The molecular formula is C17H26N2OS. The molecule has 1 N–H and O–H groups in total. The molecule has 2 heterocycles. The van der Waals surface area contributed by atoms with E-state index in [-0.39, 0.29) is 5.91 Å². The van der Waals surface area contributed by atoms with E-state index in [1.165, 1.54) is 29.7 Å². The lowest BCUT2D eigenvalue weighted by molar-refractivity contribution is -0.131. The largest absolute Gasteiger partial charge is 0.337 e. The minimum Gasteiger partial charge on any atom is -0.337 e. The molecule has 2 aliphatic rings. The molecule has 1 fully saturated rings. The monoisotopic (exact) mass is 306 g/mol. The molecule has 3 rings (SSSR count). The number of carbonyl (C=O) groups excluding carboxylic acids is 1. The van der Waals surface area contributed by atoms with Gasteiger partial charge in [-0.1, -0.05) is 26.7 Å². The van der Waals surface area contributed by atoms with E-state index in [2.05, 4.69) is 30.6 Å². The highest BCUT2D eigenvalue weighted by Gasteiger charge is 2.28. The van der Waals surface area contributed by atoms with E-state index < -0.39 is 0 Å². The lowest BCUT2D eigenvalue weighted by atomic mass is 9.78. The van der Waals surface area contributed by atoms with Crippen LogP contribution in [0.5, 0.6) is 0 Å². The molecule has 4 heteroatoms. The third-order valence-electron chi connectivity index (χ3n) is 5.38. The summed E-state index contributed by atoms with van der Waals surface area (Å²) < 4.78 is 0. The summed E-state index contributed by atoms with van der Waals surface area (Å²) >= 11 is 1.82. The Morgan fingerprint density at radius 3 is 3.14 bits per heavy atom. The van der Waals surface area contributed by atoms with Crippen molar-refractivity contribution >= 4 is 17.2 Å². The number of carbonyl (C=O) groups is 1. The summed E-state index contributed by atoms with van der Waals surface area (Å²) in [4.78, 5) is 15.9. The zero-order valence-corrected chi connectivity index (χ0v) is 13.9. The molecule has 1 amide bonds. The second-order valence-corrected chi connectivity index (χ2v) is 7.69. The van der Waals surface area contributed by atoms with Gasteiger partial charge in [0.15, 0.2) is 0 Å². The number of nitrogens with one attached hydrogen (secondary N) is 1. The second kappa shape index (κ2) is 6.49. The van der Waals surface area contributed by atoms with Gasteiger partial charge in [0.1, 0.15) is 0 Å². The smallest absolute Gasteiger partial charge is 0.236 e. The summed E-state index contributed by atoms with van der Waals surface area (Å²) in [5, 5.41) is 5.67. The van der Waals surface area contributed by atoms with Crippen molar-refractivity contribution in [3.05, 3.63) is 21.9 Å². The van der Waals surface area contributed by atoms with Gasteiger partial charge in [0, 0.05) is 24.0 Å². The van der Waals surface area contributed by atoms with E-state index in [0.717, 1.165) is 25.4 Å². The molecule has 1 aromatic heterocycles. The van der Waals surface area contributed by atoms with E-state index in [1.807, 2.05) is 16.2 Å². The number of hydrogen-bond acceptors (Lipinski definition) is 3. The Labute approximate surface area is 131 Å². The van der Waals surface area contributed by atoms with Crippen molar-refractivity contribution in [3.63, 3.8) is 0 Å². The van der Waals surface area contributed by atoms with Crippen molar-refractivity contribution in [2.75, 3.05) is 13.1 Å². The minimum atomic E-state index is 0.261. The summed E-state index contributed by atoms with van der Waals surface area (Å²) in [6.07, 6.45) is 4.86. The Balaban J connectivity index is 1.51. The van der Waals surface area contributed by atoms with Crippen LogP contribution in [0.3, 0.4) is 0 Å². The van der Waals surface area contributed by atoms with Crippen molar-refractivity contribution in [1.29, 1.82) is 0 Å². The van der Waals surface area contributed by atoms with Gasteiger partial charge in [-0.25, -0.2) is 0 Å². The van der Waals surface area contributed by atoms with E-state index >= 15 is 0 Å². The fourth-order valence-corrected chi connectivity index (χ4v) is 4.55. The van der Waals surface area contributed by atoms with E-state index in [1.54, 1.807) is 0 Å². The van der Waals surface area contributed by atoms with Crippen LogP contribution in [0, 0.1) is 11.8 Å². The number of thiophene rings is 1. The number of amides is 1. The number of hydrogen-bond donors (Lipinski definition) is 1. The Kier molecular flexibility index (Phi) is 4.65. The predicted octanol–water partition coefficient (Wildman–Crippen LogP) is 3.05. The Bertz CT molecular complexity index is 499. The lowest BCUT2D eigenvalue weighted by Gasteiger charge is -2.35. The maximum Gasteiger partial charge on any atom is 0.236 e. The van der Waals surface area contributed by atoms with E-state index in [9.17, 15) is 4.79 Å². The van der Waals surface area contributed by atoms with Gasteiger partial charge in [0.25, 0.3) is 0 Å². The summed E-state index contributed by atoms with van der Waals surface area (Å²) in [7, 11) is 0. The number of nitrogens with zero attached hydrogens (tertiary/aromatic N) is 1. The lowest BCUT2D eigenvalue weighted by Crippen LogP contribution is -2.47. The molecule has 0 spiro atoms. The van der Waals surface area contributed by atoms with E-state index in [0.29, 0.717) is 18.5 Å². The zero-order valence-electron chi connectivity index (χ0n) is 13.1. The van der Waals surface area contributed by atoms with Gasteiger partial charge in [-0.05, 0) is 41.7 Å². The first-order chi connectivity index (χ1) is 10.1. The third-order valence-corrected chi connectivity index (χ3v) is 6.41. The fraction of sp³-hybridized carbons (Fsp3) is 0.706. The van der Waals surface area contributed by atoms with Crippen LogP contribution in [0.25, 0.3) is 0 Å². The first kappa shape index (κ1) is 15.0. The summed E-state index contributed by atoms with van der Waals surface area (Å²) in [5.41, 5.74) is 1.35. The van der Waals surface area contributed by atoms with Crippen molar-refractivity contribution in [3.8, 4) is 0 Å². The van der Waals surface area contributed by atoms with Crippen molar-refractivity contribution in [1.82, 2.24) is 10.2 Å². The van der Waals surface area contributed by atoms with Gasteiger partial charge >= 0.3 is 0 Å². The highest BCUT2D eigenvalue weighted by atomic mass is 32.1. The highest BCUT2D eigenvalue weighted by molar-refractivity contribution is 7.10. The van der Waals surface area contributed by atoms with Crippen LogP contribution < -0.4 is 5.32 Å². The number of rotatable bonds is 3. The van der Waals surface area contributed by atoms with E-state index in [4.69, 9.17) is 0 Å². The molecule has 1 saturated carbocycles. The van der Waals surface area contributed by atoms with Crippen LogP contribution in [-0.4, -0.2) is 29.9 Å². The SMILES string of the molecule is CC1CCCC(NCC(=O)N2CCc3sccc3C2)C1C. The van der Waals surface area contributed by atoms with Crippen LogP contribution in [0.15, 0.2) is 11.4 Å². The molecule has 1 aromatic rings. The number of fused-ring (bicyclic) bond motifs is 1. The molecule has 3 nitrogen and oxygen atoms in total. The molecule has 21 heavy (non-hydrogen) atoms. The van der Waals surface area contributed by atoms with Crippen LogP contribution in [0.4, 0.5) is 0 Å². The second-order valence-electron chi connectivity index (χ2n) is 6.69. The Hall–Kier alpha value is -0.870. The molecule has 1 aliphatic heterocycles. The van der Waals surface area contributed by atoms with Crippen LogP contribution >= 0.6 is 11.3 Å². The maximum absolute atomic E-state index is 12.4. The quantitative estimate of drug-likeness (QED) is 0.931. The molecule has 3 unspecified atom stereocenters. The molecular weight excluding hydrogens is 280 g/mol. The predicted molar refractivity (Wildman–Crippen MR) is 87.4 cm³/mol. The first-order valence-electron chi connectivity index (χ1n) is 8.21. The standard InChI is InChI=1S/C17H26N2OS/c1-12-4-3-5-15(13(12)2)18-10-17(20)19-8-6-16-14(11-19)7-9-21-16/h7,9,12-13,15,18H,3-6,8,10-11H2,1-2H3. The highest BCUT2D eigenvalue weighted by Crippen LogP contribution is 2.29. The molecule has 1 aliphatic carbocycles. The molecule has 0 bridgehead atoms. The molecule has 116 valence electrons. The van der Waals surface area contributed by atoms with Crippen LogP contribution in [-0.2, 0) is 17.8 Å². The van der Waals surface area contributed by atoms with Crippen LogP contribution in [0.1, 0.15) is 43.6 Å². The van der Waals surface area contributed by atoms with Crippen molar-refractivity contribution in [2.24, 2.45) is 11.8 Å². The normalized spacial score (nSPS) is 29.2. The Morgan fingerprint density at radius 1 is 1.43 bits per heavy atom. The average Bonchev–Trinajstić information content (AvgIpc) is 2.96. The van der Waals surface area contributed by atoms with Gasteiger partial charge in [0.2, 0.25) is 5.91 Å². The van der Waals surface area contributed by atoms with Gasteiger partial charge in [-0.3, -0.25) is 4.79 Å². The average molecular weight is 306 g/mol. The molecule has 0 saturated heterocycles. The van der Waals surface area contributed by atoms with Crippen molar-refractivity contribution < 1.29 is 4.79 Å². The van der Waals surface area contributed by atoms with Gasteiger partial charge in [0.05, 0.1) is 6.54 Å². The molecule has 0 radical (unpaired) electrons. The first-order valence-corrected chi connectivity index (χ1v) is 9.09. The fourth-order valence-electron chi connectivity index (χ4n) is 3.66. The molecule has 0 aromatic carbocycles. The maximum atomic E-state index is 12.4. The summed E-state index contributed by atoms with van der Waals surface area (Å²) in [6, 6.07) is 2.68. The zero-order chi connectivity index (χ0) is 14.8. The minimum absolute atomic E-state index is 0.261. The van der Waals surface area contributed by atoms with Crippen molar-refractivity contribution in [2.45, 2.75) is 52.1 Å². The summed E-state index contributed by atoms with van der Waals surface area (Å²) in [6.45, 7) is 6.84. The summed E-state index contributed by atoms with van der Waals surface area (Å²) in [5.74, 6) is 1.71. The Morgan fingerprint density at radius 2 is 2.29 bits per heavy atom. The molecule has 3 atom stereocenters. The topological polar surface area (TPSA) is 32.3 Å². The van der Waals surface area contributed by atoms with Gasteiger partial charge in [-0.2, -0.15) is 0 Å².